The molecule has 0 radical (unpaired) electrons. The summed E-state index contributed by atoms with van der Waals surface area (Å²) in [5, 5.41) is 13.3. The van der Waals surface area contributed by atoms with Crippen molar-refractivity contribution < 1.29 is 9.84 Å². The molecule has 3 unspecified atom stereocenters. The lowest BCUT2D eigenvalue weighted by Crippen LogP contribution is -2.33. The van der Waals surface area contributed by atoms with Crippen LogP contribution in [0, 0.1) is 18.8 Å². The van der Waals surface area contributed by atoms with E-state index in [1.54, 1.807) is 0 Å². The first kappa shape index (κ1) is 16.8. The van der Waals surface area contributed by atoms with Crippen molar-refractivity contribution in [3.05, 3.63) is 28.2 Å². The fourth-order valence-corrected chi connectivity index (χ4v) is 3.54. The minimum absolute atomic E-state index is 0.315. The standard InChI is InChI=1S/C17H26BrNO2/c1-12-3-5-14(7-12)9-19-10-15(20)11-21-17-6-4-13(2)8-16(17)18/h4,6,8,12,14-15,19-20H,3,5,7,9-11H2,1-2H3. The molecule has 1 aliphatic carbocycles. The summed E-state index contributed by atoms with van der Waals surface area (Å²) in [4.78, 5) is 0. The van der Waals surface area contributed by atoms with Gasteiger partial charge in [-0.1, -0.05) is 19.4 Å². The summed E-state index contributed by atoms with van der Waals surface area (Å²) in [6.45, 7) is 6.28. The first-order valence-corrected chi connectivity index (χ1v) is 8.61. The molecule has 0 saturated heterocycles. The average molecular weight is 356 g/mol. The Morgan fingerprint density at radius 2 is 2.24 bits per heavy atom. The van der Waals surface area contributed by atoms with Crippen LogP contribution < -0.4 is 10.1 Å². The highest BCUT2D eigenvalue weighted by Gasteiger charge is 2.20. The second kappa shape index (κ2) is 8.16. The maximum absolute atomic E-state index is 9.98. The summed E-state index contributed by atoms with van der Waals surface area (Å²) < 4.78 is 6.59. The first-order chi connectivity index (χ1) is 10.0. The van der Waals surface area contributed by atoms with Crippen molar-refractivity contribution in [2.24, 2.45) is 11.8 Å². The topological polar surface area (TPSA) is 41.5 Å². The van der Waals surface area contributed by atoms with Gasteiger partial charge in [-0.25, -0.2) is 0 Å². The van der Waals surface area contributed by atoms with Crippen LogP contribution in [-0.2, 0) is 0 Å². The second-order valence-corrected chi connectivity index (χ2v) is 7.20. The van der Waals surface area contributed by atoms with Gasteiger partial charge in [-0.05, 0) is 71.8 Å². The van der Waals surface area contributed by atoms with Gasteiger partial charge >= 0.3 is 0 Å². The van der Waals surface area contributed by atoms with Crippen LogP contribution in [0.25, 0.3) is 0 Å². The van der Waals surface area contributed by atoms with Crippen molar-refractivity contribution in [3.63, 3.8) is 0 Å². The maximum Gasteiger partial charge on any atom is 0.133 e. The molecule has 1 aliphatic rings. The van der Waals surface area contributed by atoms with E-state index in [4.69, 9.17) is 4.74 Å². The molecule has 0 spiro atoms. The molecule has 1 fully saturated rings. The average Bonchev–Trinajstić information content (AvgIpc) is 2.83. The lowest BCUT2D eigenvalue weighted by atomic mass is 10.1. The summed E-state index contributed by atoms with van der Waals surface area (Å²) in [7, 11) is 0. The zero-order valence-electron chi connectivity index (χ0n) is 12.9. The van der Waals surface area contributed by atoms with Crippen molar-refractivity contribution >= 4 is 15.9 Å². The number of nitrogens with one attached hydrogen (secondary N) is 1. The number of benzene rings is 1. The van der Waals surface area contributed by atoms with Crippen LogP contribution in [-0.4, -0.2) is 30.9 Å². The summed E-state index contributed by atoms with van der Waals surface area (Å²) in [5.41, 5.74) is 1.18. The number of hydrogen-bond acceptors (Lipinski definition) is 3. The van der Waals surface area contributed by atoms with Gasteiger partial charge in [0.2, 0.25) is 0 Å². The molecule has 21 heavy (non-hydrogen) atoms. The van der Waals surface area contributed by atoms with Crippen LogP contribution in [0.1, 0.15) is 31.7 Å². The number of aliphatic hydroxyl groups excluding tert-OH is 1. The van der Waals surface area contributed by atoms with Crippen LogP contribution in [0.5, 0.6) is 5.75 Å². The molecule has 0 aromatic heterocycles. The van der Waals surface area contributed by atoms with Crippen molar-refractivity contribution in [1.29, 1.82) is 0 Å². The Morgan fingerprint density at radius 3 is 2.90 bits per heavy atom. The molecular formula is C17H26BrNO2. The van der Waals surface area contributed by atoms with E-state index < -0.39 is 6.10 Å². The van der Waals surface area contributed by atoms with E-state index in [1.165, 1.54) is 24.8 Å². The number of aliphatic hydroxyl groups is 1. The third-order valence-electron chi connectivity index (χ3n) is 4.13. The van der Waals surface area contributed by atoms with E-state index in [0.29, 0.717) is 13.2 Å². The minimum atomic E-state index is -0.475. The molecule has 0 bridgehead atoms. The van der Waals surface area contributed by atoms with Gasteiger partial charge in [0.15, 0.2) is 0 Å². The molecule has 118 valence electrons. The fourth-order valence-electron chi connectivity index (χ4n) is 2.93. The molecule has 1 saturated carbocycles. The SMILES string of the molecule is Cc1ccc(OCC(O)CNCC2CCC(C)C2)c(Br)c1. The van der Waals surface area contributed by atoms with Gasteiger partial charge in [0.25, 0.3) is 0 Å². The second-order valence-electron chi connectivity index (χ2n) is 6.34. The van der Waals surface area contributed by atoms with E-state index in [0.717, 1.165) is 28.6 Å². The van der Waals surface area contributed by atoms with Crippen LogP contribution in [0.2, 0.25) is 0 Å². The lowest BCUT2D eigenvalue weighted by molar-refractivity contribution is 0.105. The Kier molecular flexibility index (Phi) is 6.52. The Hall–Kier alpha value is -0.580. The lowest BCUT2D eigenvalue weighted by Gasteiger charge is -2.16. The monoisotopic (exact) mass is 355 g/mol. The van der Waals surface area contributed by atoms with Crippen LogP contribution in [0.4, 0.5) is 0 Å². The molecule has 0 amide bonds. The predicted molar refractivity (Wildman–Crippen MR) is 89.8 cm³/mol. The summed E-state index contributed by atoms with van der Waals surface area (Å²) >= 11 is 3.48. The number of ether oxygens (including phenoxy) is 1. The van der Waals surface area contributed by atoms with Gasteiger partial charge in [0, 0.05) is 6.54 Å². The Bertz CT molecular complexity index is 452. The third-order valence-corrected chi connectivity index (χ3v) is 4.75. The highest BCUT2D eigenvalue weighted by atomic mass is 79.9. The van der Waals surface area contributed by atoms with E-state index >= 15 is 0 Å². The van der Waals surface area contributed by atoms with Crippen molar-refractivity contribution in [2.45, 2.75) is 39.2 Å². The Labute approximate surface area is 136 Å². The number of rotatable bonds is 7. The molecule has 3 nitrogen and oxygen atoms in total. The van der Waals surface area contributed by atoms with Gasteiger partial charge in [0.05, 0.1) is 4.47 Å². The molecule has 2 N–H and O–H groups in total. The van der Waals surface area contributed by atoms with Gasteiger partial charge in [-0.3, -0.25) is 0 Å². The highest BCUT2D eigenvalue weighted by molar-refractivity contribution is 9.10. The summed E-state index contributed by atoms with van der Waals surface area (Å²) in [5.74, 6) is 2.42. The quantitative estimate of drug-likeness (QED) is 0.786. The highest BCUT2D eigenvalue weighted by Crippen LogP contribution is 2.29. The fraction of sp³-hybridized carbons (Fsp3) is 0.647. The normalized spacial score (nSPS) is 23.2. The largest absolute Gasteiger partial charge is 0.490 e. The predicted octanol–water partition coefficient (Wildman–Crippen LogP) is 3.52. The molecule has 3 atom stereocenters. The molecule has 1 aromatic rings. The number of halogens is 1. The molecule has 0 aliphatic heterocycles. The zero-order valence-corrected chi connectivity index (χ0v) is 14.5. The number of aryl methyl sites for hydroxylation is 1. The van der Waals surface area contributed by atoms with Crippen LogP contribution >= 0.6 is 15.9 Å². The molecule has 0 heterocycles. The van der Waals surface area contributed by atoms with E-state index in [-0.39, 0.29) is 0 Å². The van der Waals surface area contributed by atoms with E-state index in [2.05, 4.69) is 28.2 Å². The van der Waals surface area contributed by atoms with Crippen LogP contribution in [0.15, 0.2) is 22.7 Å². The van der Waals surface area contributed by atoms with E-state index in [9.17, 15) is 5.11 Å². The first-order valence-electron chi connectivity index (χ1n) is 7.82. The summed E-state index contributed by atoms with van der Waals surface area (Å²) in [6.07, 6.45) is 3.50. The maximum atomic E-state index is 9.98. The zero-order chi connectivity index (χ0) is 15.2. The smallest absolute Gasteiger partial charge is 0.133 e. The van der Waals surface area contributed by atoms with Gasteiger partial charge in [0.1, 0.15) is 18.5 Å². The van der Waals surface area contributed by atoms with Gasteiger partial charge in [-0.2, -0.15) is 0 Å². The Morgan fingerprint density at radius 1 is 1.43 bits per heavy atom. The molecular weight excluding hydrogens is 330 g/mol. The number of hydrogen-bond donors (Lipinski definition) is 2. The van der Waals surface area contributed by atoms with Gasteiger partial charge in [-0.15, -0.1) is 0 Å². The van der Waals surface area contributed by atoms with Crippen molar-refractivity contribution in [3.8, 4) is 5.75 Å². The Balaban J connectivity index is 1.64. The van der Waals surface area contributed by atoms with Gasteiger partial charge < -0.3 is 15.2 Å². The van der Waals surface area contributed by atoms with Crippen LogP contribution in [0.3, 0.4) is 0 Å². The molecule has 1 aromatic carbocycles. The van der Waals surface area contributed by atoms with Crippen molar-refractivity contribution in [1.82, 2.24) is 5.32 Å². The third kappa shape index (κ3) is 5.61. The molecule has 4 heteroatoms. The summed E-state index contributed by atoms with van der Waals surface area (Å²) in [6, 6.07) is 5.95. The van der Waals surface area contributed by atoms with Crippen molar-refractivity contribution in [2.75, 3.05) is 19.7 Å². The molecule has 2 rings (SSSR count). The van der Waals surface area contributed by atoms with E-state index in [1.807, 2.05) is 25.1 Å². The minimum Gasteiger partial charge on any atom is -0.490 e.